The molecule has 118 valence electrons. The highest BCUT2D eigenvalue weighted by Gasteiger charge is 2.49. The summed E-state index contributed by atoms with van der Waals surface area (Å²) in [6.45, 7) is 7.01. The smallest absolute Gasteiger partial charge is 0.278 e. The van der Waals surface area contributed by atoms with Crippen molar-refractivity contribution in [3.8, 4) is 5.75 Å². The lowest BCUT2D eigenvalue weighted by molar-refractivity contribution is -0.155. The minimum absolute atomic E-state index is 0.247. The van der Waals surface area contributed by atoms with Gasteiger partial charge in [-0.15, -0.1) is 0 Å². The van der Waals surface area contributed by atoms with E-state index in [0.717, 1.165) is 18.4 Å². The molecule has 1 fully saturated rings. The van der Waals surface area contributed by atoms with Crippen LogP contribution in [0.25, 0.3) is 0 Å². The van der Waals surface area contributed by atoms with E-state index in [1.165, 1.54) is 0 Å². The van der Waals surface area contributed by atoms with Gasteiger partial charge in [-0.05, 0) is 50.3 Å². The summed E-state index contributed by atoms with van der Waals surface area (Å²) in [6, 6.07) is 5.55. The van der Waals surface area contributed by atoms with Crippen molar-refractivity contribution in [3.05, 3.63) is 23.8 Å². The van der Waals surface area contributed by atoms with Crippen molar-refractivity contribution in [1.82, 2.24) is 4.90 Å². The molecule has 0 aliphatic carbocycles. The van der Waals surface area contributed by atoms with E-state index in [9.17, 15) is 9.59 Å². The van der Waals surface area contributed by atoms with Crippen LogP contribution in [0, 0.1) is 12.8 Å². The van der Waals surface area contributed by atoms with Crippen LogP contribution in [-0.2, 0) is 9.59 Å². The van der Waals surface area contributed by atoms with Gasteiger partial charge in [0.25, 0.3) is 17.4 Å². The van der Waals surface area contributed by atoms with Crippen LogP contribution in [0.2, 0.25) is 0 Å². The summed E-state index contributed by atoms with van der Waals surface area (Å²) in [5.41, 5.74) is 0.170. The minimum Gasteiger partial charge on any atom is -0.466 e. The number of carbonyl (C=O) groups is 2. The number of aryl methyl sites for hydroxylation is 1. The van der Waals surface area contributed by atoms with Crippen LogP contribution >= 0.6 is 0 Å². The molecular weight excluding hydrogens is 280 g/mol. The molecule has 0 aromatic heterocycles. The number of amides is 2. The van der Waals surface area contributed by atoms with Gasteiger partial charge in [-0.2, -0.15) is 0 Å². The zero-order valence-electron chi connectivity index (χ0n) is 13.3. The minimum atomic E-state index is -1.49. The third-order valence-corrected chi connectivity index (χ3v) is 4.48. The van der Waals surface area contributed by atoms with Crippen molar-refractivity contribution >= 4 is 17.5 Å². The third-order valence-electron chi connectivity index (χ3n) is 4.48. The Bertz CT molecular complexity index is 628. The maximum atomic E-state index is 12.8. The first kappa shape index (κ1) is 14.9. The molecule has 2 aliphatic rings. The van der Waals surface area contributed by atoms with Gasteiger partial charge in [0.2, 0.25) is 0 Å². The molecule has 5 nitrogen and oxygen atoms in total. The van der Waals surface area contributed by atoms with Gasteiger partial charge in [-0.25, -0.2) is 0 Å². The van der Waals surface area contributed by atoms with Crippen LogP contribution in [0.3, 0.4) is 0 Å². The van der Waals surface area contributed by atoms with Crippen molar-refractivity contribution in [1.29, 1.82) is 0 Å². The molecule has 2 heterocycles. The van der Waals surface area contributed by atoms with Gasteiger partial charge in [0.1, 0.15) is 5.75 Å². The van der Waals surface area contributed by atoms with Gasteiger partial charge in [0, 0.05) is 13.1 Å². The Morgan fingerprint density at radius 2 is 2.23 bits per heavy atom. The fraction of sp³-hybridized carbons (Fsp3) is 0.529. The molecule has 1 aromatic rings. The van der Waals surface area contributed by atoms with E-state index in [0.29, 0.717) is 30.4 Å². The van der Waals surface area contributed by atoms with E-state index in [1.54, 1.807) is 17.9 Å². The summed E-state index contributed by atoms with van der Waals surface area (Å²) in [6.07, 6.45) is 2.09. The van der Waals surface area contributed by atoms with Crippen LogP contribution in [0.1, 0.15) is 32.3 Å². The number of benzene rings is 1. The Balaban J connectivity index is 1.87. The van der Waals surface area contributed by atoms with E-state index >= 15 is 0 Å². The molecule has 2 aliphatic heterocycles. The van der Waals surface area contributed by atoms with E-state index < -0.39 is 11.5 Å². The van der Waals surface area contributed by atoms with E-state index in [4.69, 9.17) is 4.74 Å². The van der Waals surface area contributed by atoms with Gasteiger partial charge >= 0.3 is 0 Å². The summed E-state index contributed by atoms with van der Waals surface area (Å²) < 4.78 is 5.83. The number of hydrogen-bond donors (Lipinski definition) is 1. The van der Waals surface area contributed by atoms with Crippen LogP contribution in [0.4, 0.5) is 5.69 Å². The zero-order valence-corrected chi connectivity index (χ0v) is 13.3. The Hall–Kier alpha value is -2.04. The number of piperidine rings is 1. The summed E-state index contributed by atoms with van der Waals surface area (Å²) >= 11 is 0. The number of anilines is 1. The molecular formula is C17H22N2O3. The number of hydrogen-bond acceptors (Lipinski definition) is 3. The second-order valence-electron chi connectivity index (χ2n) is 6.59. The maximum Gasteiger partial charge on any atom is 0.278 e. The lowest BCUT2D eigenvalue weighted by Crippen LogP contribution is -2.60. The lowest BCUT2D eigenvalue weighted by Gasteiger charge is -2.39. The normalized spacial score (nSPS) is 27.7. The van der Waals surface area contributed by atoms with Crippen molar-refractivity contribution < 1.29 is 14.3 Å². The Kier molecular flexibility index (Phi) is 3.59. The molecule has 1 aromatic carbocycles. The predicted molar refractivity (Wildman–Crippen MR) is 83.8 cm³/mol. The Morgan fingerprint density at radius 1 is 1.45 bits per heavy atom. The van der Waals surface area contributed by atoms with Crippen LogP contribution < -0.4 is 10.1 Å². The fourth-order valence-corrected chi connectivity index (χ4v) is 3.15. The van der Waals surface area contributed by atoms with Gasteiger partial charge in [0.05, 0.1) is 5.69 Å². The Morgan fingerprint density at radius 3 is 2.95 bits per heavy atom. The third kappa shape index (κ3) is 2.45. The van der Waals surface area contributed by atoms with Crippen molar-refractivity contribution in [3.63, 3.8) is 0 Å². The van der Waals surface area contributed by atoms with Crippen LogP contribution in [0.15, 0.2) is 18.2 Å². The summed E-state index contributed by atoms with van der Waals surface area (Å²) in [5, 5.41) is 2.81. The first-order valence-electron chi connectivity index (χ1n) is 7.80. The predicted octanol–water partition coefficient (Wildman–Crippen LogP) is 2.34. The quantitative estimate of drug-likeness (QED) is 0.810. The highest BCUT2D eigenvalue weighted by molar-refractivity contribution is 6.15. The summed E-state index contributed by atoms with van der Waals surface area (Å²) in [5.74, 6) is 0.366. The molecule has 0 spiro atoms. The van der Waals surface area contributed by atoms with E-state index in [1.807, 2.05) is 19.1 Å². The van der Waals surface area contributed by atoms with Crippen LogP contribution in [0.5, 0.6) is 5.75 Å². The number of rotatable bonds is 1. The van der Waals surface area contributed by atoms with E-state index in [-0.39, 0.29) is 5.91 Å². The van der Waals surface area contributed by atoms with Gasteiger partial charge in [-0.3, -0.25) is 9.59 Å². The first-order valence-corrected chi connectivity index (χ1v) is 7.80. The van der Waals surface area contributed by atoms with Crippen molar-refractivity contribution in [2.45, 2.75) is 39.2 Å². The lowest BCUT2D eigenvalue weighted by atomic mass is 9.95. The fourth-order valence-electron chi connectivity index (χ4n) is 3.15. The average molecular weight is 302 g/mol. The number of likely N-dealkylation sites (tertiary alicyclic amines) is 1. The molecule has 22 heavy (non-hydrogen) atoms. The first-order chi connectivity index (χ1) is 10.4. The van der Waals surface area contributed by atoms with Crippen LogP contribution in [-0.4, -0.2) is 35.4 Å². The van der Waals surface area contributed by atoms with Gasteiger partial charge in [-0.1, -0.05) is 13.0 Å². The molecule has 0 bridgehead atoms. The zero-order chi connectivity index (χ0) is 15.9. The van der Waals surface area contributed by atoms with Crippen molar-refractivity contribution in [2.75, 3.05) is 18.4 Å². The largest absolute Gasteiger partial charge is 0.466 e. The monoisotopic (exact) mass is 302 g/mol. The highest BCUT2D eigenvalue weighted by atomic mass is 16.5. The van der Waals surface area contributed by atoms with Gasteiger partial charge in [0.15, 0.2) is 0 Å². The molecule has 0 saturated carbocycles. The van der Waals surface area contributed by atoms with E-state index in [2.05, 4.69) is 12.2 Å². The molecule has 2 amide bonds. The topological polar surface area (TPSA) is 58.6 Å². The summed E-state index contributed by atoms with van der Waals surface area (Å²) in [7, 11) is 0. The van der Waals surface area contributed by atoms with Gasteiger partial charge < -0.3 is 15.0 Å². The maximum absolute atomic E-state index is 12.8. The number of ether oxygens (including phenoxy) is 1. The number of carbonyl (C=O) groups excluding carboxylic acids is 2. The second kappa shape index (κ2) is 5.30. The SMILES string of the molecule is Cc1ccc2c(c1)NC(=O)C(C)(C(=O)N1CCCC(C)C1)O2. The molecule has 0 radical (unpaired) electrons. The summed E-state index contributed by atoms with van der Waals surface area (Å²) in [4.78, 5) is 27.1. The number of nitrogens with zero attached hydrogens (tertiary/aromatic N) is 1. The molecule has 2 atom stereocenters. The molecule has 1 saturated heterocycles. The van der Waals surface area contributed by atoms with Crippen molar-refractivity contribution in [2.24, 2.45) is 5.92 Å². The standard InChI is InChI=1S/C17H22N2O3/c1-11-6-7-14-13(9-11)18-15(20)17(3,22-14)16(21)19-8-4-5-12(2)10-19/h6-7,9,12H,4-5,8,10H2,1-3H3,(H,18,20). The Labute approximate surface area is 130 Å². The average Bonchev–Trinajstić information content (AvgIpc) is 2.48. The molecule has 1 N–H and O–H groups in total. The number of nitrogens with one attached hydrogen (secondary N) is 1. The molecule has 3 rings (SSSR count). The number of fused-ring (bicyclic) bond motifs is 1. The second-order valence-corrected chi connectivity index (χ2v) is 6.59. The molecule has 2 unspecified atom stereocenters. The molecule has 5 heteroatoms. The highest BCUT2D eigenvalue weighted by Crippen LogP contribution is 2.35.